The molecule has 0 N–H and O–H groups in total. The first-order valence-corrected chi connectivity index (χ1v) is 7.94. The minimum absolute atomic E-state index is 0.0371. The van der Waals surface area contributed by atoms with Gasteiger partial charge in [0.25, 0.3) is 0 Å². The fourth-order valence-electron chi connectivity index (χ4n) is 2.00. The number of halogens is 2. The highest BCUT2D eigenvalue weighted by molar-refractivity contribution is 9.10. The zero-order valence-corrected chi connectivity index (χ0v) is 14.5. The zero-order valence-electron chi connectivity index (χ0n) is 12.9. The first-order valence-electron chi connectivity index (χ1n) is 7.15. The van der Waals surface area contributed by atoms with E-state index in [0.29, 0.717) is 33.7 Å². The molecule has 2 aromatic carbocycles. The first-order chi connectivity index (χ1) is 11.5. The minimum atomic E-state index is -0.545. The standard InChI is InChI=1S/C17H15BrFNO4/c1-2-23-16-10-12(7-8-20(21)22)9-14(18)17(16)24-11-13-5-3-4-6-15(13)19/h3-10H,2,11H2,1H3. The third-order valence-electron chi connectivity index (χ3n) is 3.05. The summed E-state index contributed by atoms with van der Waals surface area (Å²) in [6.07, 6.45) is 2.20. The van der Waals surface area contributed by atoms with Crippen LogP contribution in [0, 0.1) is 15.9 Å². The fraction of sp³-hybridized carbons (Fsp3) is 0.176. The molecule has 5 nitrogen and oxygen atoms in total. The molecule has 0 radical (unpaired) electrons. The van der Waals surface area contributed by atoms with E-state index < -0.39 is 4.92 Å². The van der Waals surface area contributed by atoms with E-state index in [0.717, 1.165) is 6.20 Å². The van der Waals surface area contributed by atoms with E-state index >= 15 is 0 Å². The molecule has 0 atom stereocenters. The average molecular weight is 396 g/mol. The Morgan fingerprint density at radius 1 is 1.29 bits per heavy atom. The average Bonchev–Trinajstić information content (AvgIpc) is 2.54. The van der Waals surface area contributed by atoms with Crippen molar-refractivity contribution in [3.63, 3.8) is 0 Å². The molecular formula is C17H15BrFNO4. The molecule has 0 aliphatic carbocycles. The summed E-state index contributed by atoms with van der Waals surface area (Å²) in [6.45, 7) is 2.24. The van der Waals surface area contributed by atoms with E-state index in [4.69, 9.17) is 9.47 Å². The van der Waals surface area contributed by atoms with Gasteiger partial charge in [0.1, 0.15) is 12.4 Å². The smallest absolute Gasteiger partial charge is 0.235 e. The quantitative estimate of drug-likeness (QED) is 0.498. The second-order valence-electron chi connectivity index (χ2n) is 4.74. The molecule has 0 aliphatic heterocycles. The molecule has 0 heterocycles. The SMILES string of the molecule is CCOc1cc(C=C[N+](=O)[O-])cc(Br)c1OCc1ccccc1F. The summed E-state index contributed by atoms with van der Waals surface area (Å²) in [5.41, 5.74) is 1.00. The van der Waals surface area contributed by atoms with E-state index in [1.54, 1.807) is 30.3 Å². The van der Waals surface area contributed by atoms with Crippen molar-refractivity contribution in [1.29, 1.82) is 0 Å². The van der Waals surface area contributed by atoms with Crippen LogP contribution in [0.3, 0.4) is 0 Å². The maximum atomic E-state index is 13.7. The van der Waals surface area contributed by atoms with Crippen molar-refractivity contribution in [3.8, 4) is 11.5 Å². The lowest BCUT2D eigenvalue weighted by Gasteiger charge is -2.15. The van der Waals surface area contributed by atoms with Gasteiger partial charge in [-0.25, -0.2) is 4.39 Å². The van der Waals surface area contributed by atoms with Crippen LogP contribution in [0.15, 0.2) is 47.1 Å². The van der Waals surface area contributed by atoms with Crippen molar-refractivity contribution < 1.29 is 18.8 Å². The van der Waals surface area contributed by atoms with Gasteiger partial charge in [-0.3, -0.25) is 10.1 Å². The number of benzene rings is 2. The van der Waals surface area contributed by atoms with Crippen LogP contribution in [0.2, 0.25) is 0 Å². The van der Waals surface area contributed by atoms with Gasteiger partial charge >= 0.3 is 0 Å². The van der Waals surface area contributed by atoms with Gasteiger partial charge in [-0.05, 0) is 46.6 Å². The second kappa shape index (κ2) is 8.44. The topological polar surface area (TPSA) is 61.6 Å². The third kappa shape index (κ3) is 4.79. The van der Waals surface area contributed by atoms with Gasteiger partial charge in [0.05, 0.1) is 16.0 Å². The Morgan fingerprint density at radius 2 is 2.04 bits per heavy atom. The molecule has 0 aromatic heterocycles. The maximum Gasteiger partial charge on any atom is 0.235 e. The number of hydrogen-bond donors (Lipinski definition) is 0. The first kappa shape index (κ1) is 17.9. The highest BCUT2D eigenvalue weighted by Crippen LogP contribution is 2.38. The monoisotopic (exact) mass is 395 g/mol. The van der Waals surface area contributed by atoms with Crippen LogP contribution in [0.5, 0.6) is 11.5 Å². The lowest BCUT2D eigenvalue weighted by molar-refractivity contribution is -0.400. The number of ether oxygens (including phenoxy) is 2. The molecular weight excluding hydrogens is 381 g/mol. The number of nitro groups is 1. The third-order valence-corrected chi connectivity index (χ3v) is 3.64. The molecule has 0 fully saturated rings. The summed E-state index contributed by atoms with van der Waals surface area (Å²) in [7, 11) is 0. The molecule has 24 heavy (non-hydrogen) atoms. The van der Waals surface area contributed by atoms with Crippen LogP contribution in [-0.4, -0.2) is 11.5 Å². The molecule has 0 spiro atoms. The van der Waals surface area contributed by atoms with E-state index in [9.17, 15) is 14.5 Å². The Bertz CT molecular complexity index is 764. The van der Waals surface area contributed by atoms with Gasteiger partial charge in [-0.2, -0.15) is 0 Å². The van der Waals surface area contributed by atoms with Crippen molar-refractivity contribution >= 4 is 22.0 Å². The summed E-state index contributed by atoms with van der Waals surface area (Å²) in [5.74, 6) is 0.488. The fourth-order valence-corrected chi connectivity index (χ4v) is 2.57. The van der Waals surface area contributed by atoms with Crippen LogP contribution in [0.25, 0.3) is 6.08 Å². The molecule has 0 saturated heterocycles. The van der Waals surface area contributed by atoms with Gasteiger partial charge < -0.3 is 9.47 Å². The van der Waals surface area contributed by atoms with Gasteiger partial charge in [0.2, 0.25) is 6.20 Å². The Labute approximate surface area is 147 Å². The van der Waals surface area contributed by atoms with Crippen LogP contribution in [-0.2, 0) is 6.61 Å². The van der Waals surface area contributed by atoms with Crippen LogP contribution >= 0.6 is 15.9 Å². The molecule has 2 rings (SSSR count). The highest BCUT2D eigenvalue weighted by atomic mass is 79.9. The summed E-state index contributed by atoms with van der Waals surface area (Å²) in [5, 5.41) is 10.4. The Hall–Kier alpha value is -2.41. The predicted molar refractivity (Wildman–Crippen MR) is 92.1 cm³/mol. The van der Waals surface area contributed by atoms with Gasteiger partial charge in [-0.15, -0.1) is 0 Å². The minimum Gasteiger partial charge on any atom is -0.490 e. The Kier molecular flexibility index (Phi) is 6.31. The Balaban J connectivity index is 2.27. The van der Waals surface area contributed by atoms with Crippen LogP contribution in [0.4, 0.5) is 4.39 Å². The molecule has 0 aliphatic rings. The van der Waals surface area contributed by atoms with Crippen molar-refractivity contribution in [2.75, 3.05) is 6.61 Å². The van der Waals surface area contributed by atoms with E-state index in [-0.39, 0.29) is 12.4 Å². The number of nitrogens with zero attached hydrogens (tertiary/aromatic N) is 1. The maximum absolute atomic E-state index is 13.7. The molecule has 2 aromatic rings. The lowest BCUT2D eigenvalue weighted by atomic mass is 10.2. The van der Waals surface area contributed by atoms with Crippen molar-refractivity contribution in [1.82, 2.24) is 0 Å². The lowest BCUT2D eigenvalue weighted by Crippen LogP contribution is -2.02. The van der Waals surface area contributed by atoms with Crippen molar-refractivity contribution in [2.45, 2.75) is 13.5 Å². The van der Waals surface area contributed by atoms with Gasteiger partial charge in [0, 0.05) is 11.6 Å². The zero-order chi connectivity index (χ0) is 17.5. The van der Waals surface area contributed by atoms with E-state index in [1.807, 2.05) is 6.92 Å². The van der Waals surface area contributed by atoms with Crippen molar-refractivity contribution in [2.24, 2.45) is 0 Å². The molecule has 0 unspecified atom stereocenters. The van der Waals surface area contributed by atoms with Crippen molar-refractivity contribution in [3.05, 3.63) is 74.1 Å². The summed E-state index contributed by atoms with van der Waals surface area (Å²) in [6, 6.07) is 9.63. The van der Waals surface area contributed by atoms with E-state index in [2.05, 4.69) is 15.9 Å². The molecule has 126 valence electrons. The summed E-state index contributed by atoms with van der Waals surface area (Å²) < 4.78 is 25.5. The summed E-state index contributed by atoms with van der Waals surface area (Å²) >= 11 is 3.36. The molecule has 7 heteroatoms. The Morgan fingerprint density at radius 3 is 2.71 bits per heavy atom. The van der Waals surface area contributed by atoms with Gasteiger partial charge in [-0.1, -0.05) is 18.2 Å². The predicted octanol–water partition coefficient (Wildman–Crippen LogP) is 4.81. The number of hydrogen-bond acceptors (Lipinski definition) is 4. The van der Waals surface area contributed by atoms with Gasteiger partial charge in [0.15, 0.2) is 11.5 Å². The normalized spacial score (nSPS) is 10.8. The van der Waals surface area contributed by atoms with E-state index in [1.165, 1.54) is 12.1 Å². The molecule has 0 bridgehead atoms. The largest absolute Gasteiger partial charge is 0.490 e. The number of rotatable bonds is 7. The molecule has 0 saturated carbocycles. The van der Waals surface area contributed by atoms with Crippen LogP contribution in [0.1, 0.15) is 18.1 Å². The second-order valence-corrected chi connectivity index (χ2v) is 5.60. The highest BCUT2D eigenvalue weighted by Gasteiger charge is 2.13. The van der Waals surface area contributed by atoms with Crippen LogP contribution < -0.4 is 9.47 Å². The summed E-state index contributed by atoms with van der Waals surface area (Å²) in [4.78, 5) is 9.90. The molecule has 0 amide bonds.